The van der Waals surface area contributed by atoms with Crippen molar-refractivity contribution >= 4 is 34.7 Å². The van der Waals surface area contributed by atoms with E-state index in [9.17, 15) is 9.59 Å². The van der Waals surface area contributed by atoms with E-state index in [0.29, 0.717) is 23.6 Å². The van der Waals surface area contributed by atoms with Crippen LogP contribution in [-0.2, 0) is 9.59 Å². The second-order valence-electron chi connectivity index (χ2n) is 5.85. The highest BCUT2D eigenvalue weighted by atomic mass is 35.5. The maximum Gasteiger partial charge on any atom is 0.277 e. The molecular formula is C20H18ClNO3. The highest BCUT2D eigenvalue weighted by Crippen LogP contribution is 2.39. The Morgan fingerprint density at radius 3 is 2.44 bits per heavy atom. The molecule has 3 rings (SSSR count). The summed E-state index contributed by atoms with van der Waals surface area (Å²) in [5.74, 6) is -0.499. The summed E-state index contributed by atoms with van der Waals surface area (Å²) < 4.78 is 5.55. The lowest BCUT2D eigenvalue weighted by Gasteiger charge is -2.18. The van der Waals surface area contributed by atoms with Gasteiger partial charge in [0.1, 0.15) is 10.8 Å². The Morgan fingerprint density at radius 1 is 1.04 bits per heavy atom. The molecule has 0 spiro atoms. The Kier molecular flexibility index (Phi) is 4.64. The molecule has 0 bridgehead atoms. The van der Waals surface area contributed by atoms with E-state index >= 15 is 0 Å². The first kappa shape index (κ1) is 17.2. The van der Waals surface area contributed by atoms with Crippen molar-refractivity contribution in [2.45, 2.75) is 20.8 Å². The zero-order chi connectivity index (χ0) is 18.1. The van der Waals surface area contributed by atoms with E-state index in [2.05, 4.69) is 0 Å². The molecule has 0 saturated heterocycles. The fourth-order valence-corrected chi connectivity index (χ4v) is 3.24. The van der Waals surface area contributed by atoms with Crippen LogP contribution >= 0.6 is 11.6 Å². The zero-order valence-electron chi connectivity index (χ0n) is 14.3. The van der Waals surface area contributed by atoms with Gasteiger partial charge < -0.3 is 4.74 Å². The molecule has 2 amide bonds. The van der Waals surface area contributed by atoms with Gasteiger partial charge in [-0.1, -0.05) is 47.5 Å². The van der Waals surface area contributed by atoms with Gasteiger partial charge in [0.25, 0.3) is 11.8 Å². The molecule has 128 valence electrons. The minimum atomic E-state index is -0.534. The number of ether oxygens (including phenoxy) is 1. The molecule has 1 aliphatic rings. The average molecular weight is 356 g/mol. The Bertz CT molecular complexity index is 902. The summed E-state index contributed by atoms with van der Waals surface area (Å²) >= 11 is 6.27. The molecule has 2 aromatic carbocycles. The van der Waals surface area contributed by atoms with E-state index in [1.54, 1.807) is 24.3 Å². The number of amides is 2. The molecule has 0 radical (unpaired) electrons. The maximum atomic E-state index is 13.0. The number of carbonyl (C=O) groups excluding carboxylic acids is 2. The number of halogens is 1. The lowest BCUT2D eigenvalue weighted by molar-refractivity contribution is -0.119. The average Bonchev–Trinajstić information content (AvgIpc) is 2.79. The van der Waals surface area contributed by atoms with Crippen LogP contribution in [0.5, 0.6) is 5.75 Å². The summed E-state index contributed by atoms with van der Waals surface area (Å²) in [6, 6.07) is 12.6. The summed E-state index contributed by atoms with van der Waals surface area (Å²) in [5.41, 5.74) is 3.28. The molecule has 25 heavy (non-hydrogen) atoms. The van der Waals surface area contributed by atoms with Crippen LogP contribution in [0.15, 0.2) is 47.5 Å². The first-order valence-electron chi connectivity index (χ1n) is 8.03. The third-order valence-corrected chi connectivity index (χ3v) is 4.44. The third kappa shape index (κ3) is 2.94. The van der Waals surface area contributed by atoms with E-state index in [1.165, 1.54) is 0 Å². The van der Waals surface area contributed by atoms with Crippen LogP contribution in [0.25, 0.3) is 5.57 Å². The van der Waals surface area contributed by atoms with E-state index in [4.69, 9.17) is 16.3 Å². The van der Waals surface area contributed by atoms with Gasteiger partial charge in [-0.25, -0.2) is 4.90 Å². The van der Waals surface area contributed by atoms with Gasteiger partial charge in [0.2, 0.25) is 0 Å². The Hall–Kier alpha value is -2.59. The largest absolute Gasteiger partial charge is 0.492 e. The number of carbonyl (C=O) groups is 2. The smallest absolute Gasteiger partial charge is 0.277 e. The monoisotopic (exact) mass is 355 g/mol. The molecule has 0 aromatic heterocycles. The molecule has 5 heteroatoms. The molecule has 4 nitrogen and oxygen atoms in total. The van der Waals surface area contributed by atoms with E-state index in [-0.39, 0.29) is 10.6 Å². The first-order valence-corrected chi connectivity index (χ1v) is 8.41. The maximum absolute atomic E-state index is 13.0. The minimum Gasteiger partial charge on any atom is -0.492 e. The summed E-state index contributed by atoms with van der Waals surface area (Å²) in [7, 11) is 0. The Morgan fingerprint density at radius 2 is 1.76 bits per heavy atom. The molecule has 0 fully saturated rings. The van der Waals surface area contributed by atoms with Gasteiger partial charge in [0, 0.05) is 0 Å². The SMILES string of the molecule is CCOc1ccccc1N1C(=O)C(Cl)=C(c2ccc(C)cc2C)C1=O. The van der Waals surface area contributed by atoms with Crippen LogP contribution < -0.4 is 9.64 Å². The summed E-state index contributed by atoms with van der Waals surface area (Å²) in [4.78, 5) is 26.8. The Balaban J connectivity index is 2.09. The van der Waals surface area contributed by atoms with Crippen molar-refractivity contribution in [1.82, 2.24) is 0 Å². The highest BCUT2D eigenvalue weighted by Gasteiger charge is 2.40. The first-order chi connectivity index (χ1) is 12.0. The van der Waals surface area contributed by atoms with E-state index in [0.717, 1.165) is 16.0 Å². The van der Waals surface area contributed by atoms with Gasteiger partial charge in [0.05, 0.1) is 17.9 Å². The van der Waals surface area contributed by atoms with Crippen LogP contribution in [0.3, 0.4) is 0 Å². The van der Waals surface area contributed by atoms with Gasteiger partial charge in [-0.05, 0) is 44.0 Å². The van der Waals surface area contributed by atoms with Crippen LogP contribution in [0.2, 0.25) is 0 Å². The van der Waals surface area contributed by atoms with Crippen molar-refractivity contribution < 1.29 is 14.3 Å². The molecule has 1 aliphatic heterocycles. The van der Waals surface area contributed by atoms with E-state index in [1.807, 2.05) is 39.0 Å². The predicted molar refractivity (Wildman–Crippen MR) is 98.8 cm³/mol. The quantitative estimate of drug-likeness (QED) is 0.771. The number of rotatable bonds is 4. The van der Waals surface area contributed by atoms with Crippen LogP contribution in [0, 0.1) is 13.8 Å². The van der Waals surface area contributed by atoms with Gasteiger partial charge in [-0.2, -0.15) is 0 Å². The van der Waals surface area contributed by atoms with Crippen LogP contribution in [0.1, 0.15) is 23.6 Å². The van der Waals surface area contributed by atoms with Crippen LogP contribution in [-0.4, -0.2) is 18.4 Å². The molecule has 1 heterocycles. The third-order valence-electron chi connectivity index (χ3n) is 4.08. The van der Waals surface area contributed by atoms with Crippen molar-refractivity contribution in [3.8, 4) is 5.75 Å². The topological polar surface area (TPSA) is 46.6 Å². The van der Waals surface area contributed by atoms with Gasteiger partial charge >= 0.3 is 0 Å². The fraction of sp³-hybridized carbons (Fsp3) is 0.200. The fourth-order valence-electron chi connectivity index (χ4n) is 2.97. The lowest BCUT2D eigenvalue weighted by atomic mass is 9.99. The molecule has 0 atom stereocenters. The lowest BCUT2D eigenvalue weighted by Crippen LogP contribution is -2.31. The summed E-state index contributed by atoms with van der Waals surface area (Å²) in [6.07, 6.45) is 0. The van der Waals surface area contributed by atoms with Gasteiger partial charge in [0.15, 0.2) is 0 Å². The van der Waals surface area contributed by atoms with Crippen molar-refractivity contribution in [2.75, 3.05) is 11.5 Å². The van der Waals surface area contributed by atoms with Crippen molar-refractivity contribution in [3.63, 3.8) is 0 Å². The number of para-hydroxylation sites is 2. The van der Waals surface area contributed by atoms with E-state index < -0.39 is 11.8 Å². The zero-order valence-corrected chi connectivity index (χ0v) is 15.1. The number of imide groups is 1. The predicted octanol–water partition coefficient (Wildman–Crippen LogP) is 4.23. The summed E-state index contributed by atoms with van der Waals surface area (Å²) in [6.45, 7) is 6.14. The number of aryl methyl sites for hydroxylation is 2. The second kappa shape index (κ2) is 6.73. The standard InChI is InChI=1S/C20H18ClNO3/c1-4-25-16-8-6-5-7-15(16)22-19(23)17(18(21)20(22)24)14-10-9-12(2)11-13(14)3/h5-11H,4H2,1-3H3. The molecule has 0 saturated carbocycles. The molecule has 0 N–H and O–H groups in total. The van der Waals surface area contributed by atoms with Gasteiger partial charge in [-0.15, -0.1) is 0 Å². The number of hydrogen-bond acceptors (Lipinski definition) is 3. The molecule has 0 unspecified atom stereocenters. The molecule has 2 aromatic rings. The highest BCUT2D eigenvalue weighted by molar-refractivity contribution is 6.60. The van der Waals surface area contributed by atoms with Gasteiger partial charge in [-0.3, -0.25) is 9.59 Å². The number of nitrogens with zero attached hydrogens (tertiary/aromatic N) is 1. The number of hydrogen-bond donors (Lipinski definition) is 0. The van der Waals surface area contributed by atoms with Crippen molar-refractivity contribution in [2.24, 2.45) is 0 Å². The number of anilines is 1. The van der Waals surface area contributed by atoms with Crippen molar-refractivity contribution in [1.29, 1.82) is 0 Å². The van der Waals surface area contributed by atoms with Crippen LogP contribution in [0.4, 0.5) is 5.69 Å². The second-order valence-corrected chi connectivity index (χ2v) is 6.23. The normalized spacial score (nSPS) is 14.5. The number of benzene rings is 2. The minimum absolute atomic E-state index is 0.0664. The molecular weight excluding hydrogens is 338 g/mol. The Labute approximate surface area is 151 Å². The summed E-state index contributed by atoms with van der Waals surface area (Å²) in [5, 5.41) is -0.0664. The van der Waals surface area contributed by atoms with Crippen molar-refractivity contribution in [3.05, 3.63) is 64.2 Å². The molecule has 0 aliphatic carbocycles.